The normalized spacial score (nSPS) is 15.7. The molecule has 3 aromatic rings. The molecule has 1 aliphatic carbocycles. The number of carbonyl (C=O) groups is 3. The zero-order valence-corrected chi connectivity index (χ0v) is 26.0. The lowest BCUT2D eigenvalue weighted by Crippen LogP contribution is -2.52. The van der Waals surface area contributed by atoms with Crippen molar-refractivity contribution in [2.45, 2.75) is 71.2 Å². The molecule has 4 rings (SSSR count). The van der Waals surface area contributed by atoms with Gasteiger partial charge in [-0.25, -0.2) is 4.79 Å². The van der Waals surface area contributed by atoms with Crippen LogP contribution in [-0.2, 0) is 23.9 Å². The predicted molar refractivity (Wildman–Crippen MR) is 165 cm³/mol. The van der Waals surface area contributed by atoms with Crippen LogP contribution < -0.4 is 21.0 Å². The van der Waals surface area contributed by atoms with Crippen molar-refractivity contribution in [1.82, 2.24) is 0 Å². The minimum atomic E-state index is -3.19. The topological polar surface area (TPSA) is 92.7 Å². The van der Waals surface area contributed by atoms with Gasteiger partial charge in [0.25, 0.3) is 0 Å². The molecule has 0 fully saturated rings. The van der Waals surface area contributed by atoms with Gasteiger partial charge >= 0.3 is 11.9 Å². The van der Waals surface area contributed by atoms with Crippen molar-refractivity contribution in [3.05, 3.63) is 102 Å². The van der Waals surface area contributed by atoms with Crippen molar-refractivity contribution in [3.63, 3.8) is 0 Å². The second kappa shape index (κ2) is 12.2. The smallest absolute Gasteiger partial charge is 0.350 e. The Morgan fingerprint density at radius 3 is 1.38 bits per heavy atom. The van der Waals surface area contributed by atoms with Crippen LogP contribution in [0.3, 0.4) is 0 Å². The molecule has 2 atom stereocenters. The number of rotatable bonds is 8. The molecule has 0 saturated carbocycles. The molecular formula is C35H39O6P. The highest BCUT2D eigenvalue weighted by atomic mass is 31.2. The summed E-state index contributed by atoms with van der Waals surface area (Å²) in [6.45, 7) is 10.5. The minimum Gasteiger partial charge on any atom is -0.875 e. The summed E-state index contributed by atoms with van der Waals surface area (Å²) in [4.78, 5) is 42.6. The minimum absolute atomic E-state index is 0.0119. The molecule has 0 spiro atoms. The Bertz CT molecular complexity index is 1350. The molecule has 0 radical (unpaired) electrons. The van der Waals surface area contributed by atoms with Crippen molar-refractivity contribution >= 4 is 40.9 Å². The van der Waals surface area contributed by atoms with Crippen molar-refractivity contribution in [2.75, 3.05) is 0 Å². The fourth-order valence-electron chi connectivity index (χ4n) is 5.57. The maximum Gasteiger partial charge on any atom is 0.350 e. The van der Waals surface area contributed by atoms with Gasteiger partial charge in [0.05, 0.1) is 0 Å². The SMILES string of the molecule is CC(C)(C)OC(=O)C(C1=C([O-])CCC1=O)C(C(=O)OC(C)(C)C)[P+](c1ccccc1)(c1ccccc1)c1ccccc1. The highest BCUT2D eigenvalue weighted by Crippen LogP contribution is 2.63. The van der Waals surface area contributed by atoms with E-state index in [1.165, 1.54) is 0 Å². The van der Waals surface area contributed by atoms with Crippen LogP contribution in [0.1, 0.15) is 54.4 Å². The highest BCUT2D eigenvalue weighted by Gasteiger charge is 2.63. The Morgan fingerprint density at radius 1 is 0.667 bits per heavy atom. The number of Topliss-reactive ketones (excluding diaryl/α,β-unsaturated/α-hetero) is 1. The van der Waals surface area contributed by atoms with E-state index in [-0.39, 0.29) is 18.4 Å². The first-order valence-corrected chi connectivity index (χ1v) is 16.1. The number of esters is 2. The molecule has 3 aromatic carbocycles. The summed E-state index contributed by atoms with van der Waals surface area (Å²) in [5.74, 6) is -3.80. The van der Waals surface area contributed by atoms with E-state index in [1.54, 1.807) is 41.5 Å². The molecule has 0 aliphatic heterocycles. The van der Waals surface area contributed by atoms with Gasteiger partial charge in [0, 0.05) is 12.0 Å². The van der Waals surface area contributed by atoms with Crippen LogP contribution in [0.4, 0.5) is 0 Å². The Kier molecular flexibility index (Phi) is 9.08. The van der Waals surface area contributed by atoms with Crippen LogP contribution in [0, 0.1) is 5.92 Å². The quantitative estimate of drug-likeness (QED) is 0.283. The third kappa shape index (κ3) is 6.50. The number of benzene rings is 3. The van der Waals surface area contributed by atoms with Gasteiger partial charge in [-0.05, 0) is 84.4 Å². The molecule has 220 valence electrons. The van der Waals surface area contributed by atoms with Gasteiger partial charge in [0.15, 0.2) is 11.4 Å². The maximum atomic E-state index is 14.8. The van der Waals surface area contributed by atoms with E-state index in [0.717, 1.165) is 15.9 Å². The van der Waals surface area contributed by atoms with E-state index in [9.17, 15) is 19.5 Å². The van der Waals surface area contributed by atoms with E-state index in [2.05, 4.69) is 0 Å². The fraction of sp³-hybridized carbons (Fsp3) is 0.343. The molecule has 0 saturated heterocycles. The largest absolute Gasteiger partial charge is 0.875 e. The van der Waals surface area contributed by atoms with Gasteiger partial charge in [0.1, 0.15) is 40.3 Å². The van der Waals surface area contributed by atoms with Gasteiger partial charge in [0.2, 0.25) is 0 Å². The van der Waals surface area contributed by atoms with Gasteiger partial charge < -0.3 is 14.6 Å². The first kappa shape index (κ1) is 31.2. The summed E-state index contributed by atoms with van der Waals surface area (Å²) < 4.78 is 12.0. The van der Waals surface area contributed by atoms with Crippen molar-refractivity contribution in [3.8, 4) is 0 Å². The second-order valence-corrected chi connectivity index (χ2v) is 16.0. The zero-order chi connectivity index (χ0) is 30.7. The summed E-state index contributed by atoms with van der Waals surface area (Å²) in [7, 11) is -3.19. The van der Waals surface area contributed by atoms with Crippen LogP contribution in [0.25, 0.3) is 0 Å². The Balaban J connectivity index is 2.20. The highest BCUT2D eigenvalue weighted by molar-refractivity contribution is 7.97. The van der Waals surface area contributed by atoms with Gasteiger partial charge in [-0.1, -0.05) is 54.6 Å². The van der Waals surface area contributed by atoms with E-state index in [0.29, 0.717) is 0 Å². The molecule has 1 aliphatic rings. The first-order valence-electron chi connectivity index (χ1n) is 14.2. The molecule has 0 bridgehead atoms. The summed E-state index contributed by atoms with van der Waals surface area (Å²) in [6, 6.07) is 28.7. The third-order valence-corrected chi connectivity index (χ3v) is 11.7. The number of hydrogen-bond donors (Lipinski definition) is 0. The third-order valence-electron chi connectivity index (χ3n) is 7.02. The van der Waals surface area contributed by atoms with Gasteiger partial charge in [-0.2, -0.15) is 0 Å². The average Bonchev–Trinajstić information content (AvgIpc) is 3.25. The number of ether oxygens (including phenoxy) is 2. The lowest BCUT2D eigenvalue weighted by molar-refractivity contribution is -0.307. The Labute approximate surface area is 249 Å². The monoisotopic (exact) mass is 586 g/mol. The maximum absolute atomic E-state index is 14.8. The molecule has 0 amide bonds. The number of ketones is 1. The fourth-order valence-corrected chi connectivity index (χ4v) is 10.4. The van der Waals surface area contributed by atoms with Crippen LogP contribution in [0.2, 0.25) is 0 Å². The Morgan fingerprint density at radius 2 is 1.05 bits per heavy atom. The number of allylic oxidation sites excluding steroid dienone is 1. The van der Waals surface area contributed by atoms with Crippen LogP contribution in [-0.4, -0.2) is 34.6 Å². The van der Waals surface area contributed by atoms with Gasteiger partial charge in [-0.3, -0.25) is 9.59 Å². The standard InChI is InChI=1S/C35H39O6P/c1-34(2,3)40-32(38)30(29-27(36)22-23-28(29)37)31(33(39)41-35(4,5)6)42(24-16-10-7-11-17-24,25-18-12-8-13-19-25)26-20-14-9-15-21-26/h7-21,30-31H,22-23H2,1-6H3. The summed E-state index contributed by atoms with van der Waals surface area (Å²) in [5, 5.41) is 15.9. The van der Waals surface area contributed by atoms with Crippen LogP contribution >= 0.6 is 7.26 Å². The molecule has 2 unspecified atom stereocenters. The summed E-state index contributed by atoms with van der Waals surface area (Å²) in [5.41, 5.74) is -3.29. The Hall–Kier alpha value is -3.76. The molecule has 0 N–H and O–H groups in total. The lowest BCUT2D eigenvalue weighted by Gasteiger charge is -2.39. The first-order chi connectivity index (χ1) is 19.8. The summed E-state index contributed by atoms with van der Waals surface area (Å²) in [6.07, 6.45) is -0.0239. The van der Waals surface area contributed by atoms with Crippen molar-refractivity contribution in [2.24, 2.45) is 5.92 Å². The predicted octanol–water partition coefficient (Wildman–Crippen LogP) is 4.63. The molecular weight excluding hydrogens is 547 g/mol. The van der Waals surface area contributed by atoms with E-state index >= 15 is 0 Å². The lowest BCUT2D eigenvalue weighted by atomic mass is 9.92. The average molecular weight is 587 g/mol. The number of carbonyl (C=O) groups excluding carboxylic acids is 3. The van der Waals surface area contributed by atoms with Crippen LogP contribution in [0.15, 0.2) is 102 Å². The molecule has 0 heterocycles. The summed E-state index contributed by atoms with van der Waals surface area (Å²) >= 11 is 0. The van der Waals surface area contributed by atoms with E-state index < -0.39 is 53.5 Å². The van der Waals surface area contributed by atoms with E-state index in [4.69, 9.17) is 9.47 Å². The zero-order valence-electron chi connectivity index (χ0n) is 25.1. The van der Waals surface area contributed by atoms with Gasteiger partial charge in [-0.15, -0.1) is 5.76 Å². The second-order valence-electron chi connectivity index (χ2n) is 12.5. The molecule has 7 heteroatoms. The molecule has 42 heavy (non-hydrogen) atoms. The van der Waals surface area contributed by atoms with Crippen molar-refractivity contribution < 1.29 is 29.0 Å². The number of hydrogen-bond acceptors (Lipinski definition) is 6. The molecule has 0 aromatic heterocycles. The van der Waals surface area contributed by atoms with Crippen molar-refractivity contribution in [1.29, 1.82) is 0 Å². The molecule has 6 nitrogen and oxygen atoms in total. The van der Waals surface area contributed by atoms with E-state index in [1.807, 2.05) is 91.0 Å². The van der Waals surface area contributed by atoms with Crippen LogP contribution in [0.5, 0.6) is 0 Å².